The third-order valence-corrected chi connectivity index (χ3v) is 6.34. The fourth-order valence-electron chi connectivity index (χ4n) is 3.24. The molecular formula is C24H25BBrNO3. The molecule has 1 aliphatic heterocycles. The van der Waals surface area contributed by atoms with Crippen LogP contribution in [0.25, 0.3) is 0 Å². The van der Waals surface area contributed by atoms with E-state index in [1.54, 1.807) is 0 Å². The van der Waals surface area contributed by atoms with Crippen molar-refractivity contribution in [3.05, 3.63) is 77.3 Å². The van der Waals surface area contributed by atoms with Crippen molar-refractivity contribution < 1.29 is 14.0 Å². The maximum Gasteiger partial charge on any atom is 0.496 e. The van der Waals surface area contributed by atoms with Gasteiger partial charge in [0.1, 0.15) is 5.75 Å². The second kappa shape index (κ2) is 8.10. The largest absolute Gasteiger partial charge is 0.496 e. The Hall–Kier alpha value is -2.28. The van der Waals surface area contributed by atoms with E-state index in [0.717, 1.165) is 32.8 Å². The SMILES string of the molecule is CC1(C)OB(c2ccccc2Nc2ccccc2Oc2ccccc2Br)OC1(C)C. The van der Waals surface area contributed by atoms with Crippen molar-refractivity contribution in [1.29, 1.82) is 0 Å². The Balaban J connectivity index is 1.63. The molecule has 0 saturated carbocycles. The molecular weight excluding hydrogens is 441 g/mol. The minimum Gasteiger partial charge on any atom is -0.454 e. The van der Waals surface area contributed by atoms with Gasteiger partial charge < -0.3 is 19.4 Å². The number of hydrogen-bond acceptors (Lipinski definition) is 4. The molecule has 0 aliphatic carbocycles. The maximum absolute atomic E-state index is 6.27. The zero-order chi connectivity index (χ0) is 21.4. The van der Waals surface area contributed by atoms with E-state index in [-0.39, 0.29) is 0 Å². The van der Waals surface area contributed by atoms with Crippen LogP contribution in [0.15, 0.2) is 77.3 Å². The van der Waals surface area contributed by atoms with Gasteiger partial charge in [-0.3, -0.25) is 0 Å². The summed E-state index contributed by atoms with van der Waals surface area (Å²) in [5, 5.41) is 3.51. The Bertz CT molecular complexity index is 1040. The number of ether oxygens (including phenoxy) is 1. The molecule has 1 heterocycles. The minimum atomic E-state index is -0.449. The van der Waals surface area contributed by atoms with Crippen molar-refractivity contribution in [2.45, 2.75) is 38.9 Å². The quantitative estimate of drug-likeness (QED) is 0.450. The summed E-state index contributed by atoms with van der Waals surface area (Å²) in [4.78, 5) is 0. The lowest BCUT2D eigenvalue weighted by Crippen LogP contribution is -2.41. The number of rotatable bonds is 5. The van der Waals surface area contributed by atoms with Crippen molar-refractivity contribution in [3.8, 4) is 11.5 Å². The van der Waals surface area contributed by atoms with Crippen LogP contribution in [0.1, 0.15) is 27.7 Å². The summed E-state index contributed by atoms with van der Waals surface area (Å²) < 4.78 is 19.6. The number of benzene rings is 3. The minimum absolute atomic E-state index is 0.397. The molecule has 3 aromatic rings. The smallest absolute Gasteiger partial charge is 0.454 e. The van der Waals surface area contributed by atoms with Gasteiger partial charge in [0.25, 0.3) is 0 Å². The number of anilines is 2. The summed E-state index contributed by atoms with van der Waals surface area (Å²) in [6.45, 7) is 8.24. The Morgan fingerprint density at radius 2 is 1.27 bits per heavy atom. The average Bonchev–Trinajstić information content (AvgIpc) is 2.92. The van der Waals surface area contributed by atoms with E-state index in [4.69, 9.17) is 14.0 Å². The lowest BCUT2D eigenvalue weighted by atomic mass is 9.77. The number of nitrogens with one attached hydrogen (secondary N) is 1. The van der Waals surface area contributed by atoms with Crippen LogP contribution < -0.4 is 15.5 Å². The van der Waals surface area contributed by atoms with E-state index in [1.165, 1.54) is 0 Å². The molecule has 1 aliphatic rings. The first-order valence-corrected chi connectivity index (χ1v) is 10.8. The van der Waals surface area contributed by atoms with E-state index in [1.807, 2.05) is 72.8 Å². The highest BCUT2D eigenvalue weighted by Crippen LogP contribution is 2.38. The third-order valence-electron chi connectivity index (χ3n) is 5.68. The molecule has 0 amide bonds. The normalized spacial score (nSPS) is 17.0. The molecule has 6 heteroatoms. The summed E-state index contributed by atoms with van der Waals surface area (Å²) in [5.74, 6) is 1.49. The Morgan fingerprint density at radius 3 is 1.93 bits per heavy atom. The first-order valence-electron chi connectivity index (χ1n) is 10.00. The number of halogens is 1. The molecule has 0 spiro atoms. The average molecular weight is 466 g/mol. The van der Waals surface area contributed by atoms with Crippen LogP contribution in [0.2, 0.25) is 0 Å². The van der Waals surface area contributed by atoms with Gasteiger partial charge in [0.15, 0.2) is 5.75 Å². The second-order valence-electron chi connectivity index (χ2n) is 8.33. The summed E-state index contributed by atoms with van der Waals surface area (Å²) >= 11 is 3.54. The van der Waals surface area contributed by atoms with Gasteiger partial charge in [-0.2, -0.15) is 0 Å². The van der Waals surface area contributed by atoms with Crippen LogP contribution in [-0.4, -0.2) is 18.3 Å². The van der Waals surface area contributed by atoms with Crippen molar-refractivity contribution in [2.75, 3.05) is 5.32 Å². The molecule has 0 atom stereocenters. The number of hydrogen-bond donors (Lipinski definition) is 1. The van der Waals surface area contributed by atoms with E-state index < -0.39 is 18.3 Å². The van der Waals surface area contributed by atoms with Crippen LogP contribution in [0.5, 0.6) is 11.5 Å². The topological polar surface area (TPSA) is 39.7 Å². The lowest BCUT2D eigenvalue weighted by Gasteiger charge is -2.32. The Morgan fingerprint density at radius 1 is 0.733 bits per heavy atom. The van der Waals surface area contributed by atoms with Gasteiger partial charge in [0.05, 0.1) is 21.4 Å². The van der Waals surface area contributed by atoms with Gasteiger partial charge >= 0.3 is 7.12 Å². The first-order chi connectivity index (χ1) is 14.3. The zero-order valence-electron chi connectivity index (χ0n) is 17.6. The predicted octanol–water partition coefficient (Wildman–Crippen LogP) is 6.28. The summed E-state index contributed by atoms with van der Waals surface area (Å²) in [6.07, 6.45) is 0. The first kappa shape index (κ1) is 21.0. The van der Waals surface area contributed by atoms with E-state index in [2.05, 4.69) is 48.9 Å². The molecule has 1 N–H and O–H groups in total. The van der Waals surface area contributed by atoms with Crippen molar-refractivity contribution in [1.82, 2.24) is 0 Å². The Labute approximate surface area is 186 Å². The molecule has 0 bridgehead atoms. The number of para-hydroxylation sites is 4. The van der Waals surface area contributed by atoms with Crippen LogP contribution in [0, 0.1) is 0 Å². The van der Waals surface area contributed by atoms with Crippen molar-refractivity contribution in [2.24, 2.45) is 0 Å². The maximum atomic E-state index is 6.27. The van der Waals surface area contributed by atoms with Crippen LogP contribution >= 0.6 is 15.9 Å². The molecule has 1 saturated heterocycles. The molecule has 0 unspecified atom stereocenters. The zero-order valence-corrected chi connectivity index (χ0v) is 19.2. The molecule has 0 radical (unpaired) electrons. The van der Waals surface area contributed by atoms with Crippen LogP contribution in [-0.2, 0) is 9.31 Å². The van der Waals surface area contributed by atoms with Gasteiger partial charge in [-0.05, 0) is 74.0 Å². The van der Waals surface area contributed by atoms with Crippen LogP contribution in [0.4, 0.5) is 11.4 Å². The lowest BCUT2D eigenvalue weighted by molar-refractivity contribution is 0.00578. The molecule has 30 heavy (non-hydrogen) atoms. The van der Waals surface area contributed by atoms with E-state index >= 15 is 0 Å². The van der Waals surface area contributed by atoms with Crippen LogP contribution in [0.3, 0.4) is 0 Å². The summed E-state index contributed by atoms with van der Waals surface area (Å²) in [7, 11) is -0.449. The second-order valence-corrected chi connectivity index (χ2v) is 9.18. The molecule has 0 aromatic heterocycles. The highest BCUT2D eigenvalue weighted by Gasteiger charge is 2.52. The fraction of sp³-hybridized carbons (Fsp3) is 0.250. The predicted molar refractivity (Wildman–Crippen MR) is 126 cm³/mol. The fourth-order valence-corrected chi connectivity index (χ4v) is 3.60. The van der Waals surface area contributed by atoms with Gasteiger partial charge in [-0.25, -0.2) is 0 Å². The summed E-state index contributed by atoms with van der Waals surface area (Å²) in [5.41, 5.74) is 1.93. The van der Waals surface area contributed by atoms with Gasteiger partial charge in [-0.15, -0.1) is 0 Å². The molecule has 3 aromatic carbocycles. The molecule has 4 nitrogen and oxygen atoms in total. The highest BCUT2D eigenvalue weighted by atomic mass is 79.9. The molecule has 4 rings (SSSR count). The molecule has 154 valence electrons. The highest BCUT2D eigenvalue weighted by molar-refractivity contribution is 9.10. The van der Waals surface area contributed by atoms with E-state index in [0.29, 0.717) is 0 Å². The standard InChI is InChI=1S/C24H25BBrNO3/c1-23(2)24(3,4)30-25(29-23)17-11-5-7-13-19(17)27-20-14-8-10-16-22(20)28-21-15-9-6-12-18(21)26/h5-16,27H,1-4H3. The van der Waals surface area contributed by atoms with Crippen molar-refractivity contribution >= 4 is 39.9 Å². The van der Waals surface area contributed by atoms with Crippen molar-refractivity contribution in [3.63, 3.8) is 0 Å². The van der Waals surface area contributed by atoms with Gasteiger partial charge in [0, 0.05) is 11.2 Å². The third kappa shape index (κ3) is 4.13. The van der Waals surface area contributed by atoms with Gasteiger partial charge in [-0.1, -0.05) is 42.5 Å². The molecule has 1 fully saturated rings. The Kier molecular flexibility index (Phi) is 5.66. The van der Waals surface area contributed by atoms with E-state index in [9.17, 15) is 0 Å². The van der Waals surface area contributed by atoms with Gasteiger partial charge in [0.2, 0.25) is 0 Å². The monoisotopic (exact) mass is 465 g/mol. The summed E-state index contributed by atoms with van der Waals surface area (Å²) in [6, 6.07) is 23.7.